The molecule has 0 amide bonds. The minimum atomic E-state index is -0.956. The highest BCUT2D eigenvalue weighted by atomic mass is 32.2. The van der Waals surface area contributed by atoms with E-state index in [0.717, 1.165) is 32.9 Å². The van der Waals surface area contributed by atoms with Crippen molar-refractivity contribution in [2.75, 3.05) is 0 Å². The van der Waals surface area contributed by atoms with Crippen LogP contribution < -0.4 is 0 Å². The van der Waals surface area contributed by atoms with Gasteiger partial charge < -0.3 is 5.11 Å². The first-order valence-corrected chi connectivity index (χ1v) is 8.39. The molecule has 0 aliphatic heterocycles. The number of carboxylic acids is 1. The molecular weight excluding hydrogens is 322 g/mol. The Morgan fingerprint density at radius 1 is 1.21 bits per heavy atom. The number of benzene rings is 1. The van der Waals surface area contributed by atoms with E-state index < -0.39 is 5.97 Å². The minimum Gasteiger partial charge on any atom is -0.478 e. The first-order valence-electron chi connectivity index (χ1n) is 7.57. The Morgan fingerprint density at radius 2 is 2.00 bits per heavy atom. The number of nitrogens with zero attached hydrogens (tertiary/aromatic N) is 3. The van der Waals surface area contributed by atoms with Gasteiger partial charge in [0.15, 0.2) is 5.65 Å². The number of aliphatic carboxylic acids is 1. The third-order valence-electron chi connectivity index (χ3n) is 3.47. The highest BCUT2D eigenvalue weighted by Gasteiger charge is 2.10. The molecule has 0 unspecified atom stereocenters. The zero-order valence-corrected chi connectivity index (χ0v) is 14.2. The molecule has 0 saturated carbocycles. The average molecular weight is 339 g/mol. The molecule has 1 N–H and O–H groups in total. The van der Waals surface area contributed by atoms with E-state index in [1.807, 2.05) is 47.0 Å². The lowest BCUT2D eigenvalue weighted by Gasteiger charge is -2.08. The normalized spacial score (nSPS) is 11.6. The fourth-order valence-electron chi connectivity index (χ4n) is 2.34. The van der Waals surface area contributed by atoms with Crippen molar-refractivity contribution >= 4 is 29.5 Å². The second-order valence-electron chi connectivity index (χ2n) is 5.62. The van der Waals surface area contributed by atoms with Crippen LogP contribution in [0.15, 0.2) is 58.5 Å². The van der Waals surface area contributed by atoms with Crippen LogP contribution in [-0.4, -0.2) is 25.7 Å². The van der Waals surface area contributed by atoms with Crippen LogP contribution in [0.25, 0.3) is 11.7 Å². The van der Waals surface area contributed by atoms with Gasteiger partial charge in [-0.05, 0) is 29.8 Å². The Labute approximate surface area is 144 Å². The van der Waals surface area contributed by atoms with Crippen LogP contribution >= 0.6 is 11.8 Å². The standard InChI is InChI=1S/C18H17N3O2S/c1-12(2)18-20-19-16-9-8-14(11-21(16)18)24-15-6-4-3-5-13(15)7-10-17(22)23/h3-12H,1-2H3,(H,22,23). The van der Waals surface area contributed by atoms with Gasteiger partial charge in [0, 0.05) is 28.0 Å². The molecule has 0 atom stereocenters. The first kappa shape index (κ1) is 16.3. The van der Waals surface area contributed by atoms with Crippen molar-refractivity contribution in [1.82, 2.24) is 14.6 Å². The maximum absolute atomic E-state index is 10.7. The monoisotopic (exact) mass is 339 g/mol. The van der Waals surface area contributed by atoms with E-state index in [-0.39, 0.29) is 5.92 Å². The highest BCUT2D eigenvalue weighted by molar-refractivity contribution is 7.99. The van der Waals surface area contributed by atoms with Crippen molar-refractivity contribution in [2.24, 2.45) is 0 Å². The smallest absolute Gasteiger partial charge is 0.328 e. The molecule has 0 spiro atoms. The highest BCUT2D eigenvalue weighted by Crippen LogP contribution is 2.31. The number of rotatable bonds is 5. The van der Waals surface area contributed by atoms with Crippen LogP contribution in [0.4, 0.5) is 0 Å². The second kappa shape index (κ2) is 6.88. The lowest BCUT2D eigenvalue weighted by atomic mass is 10.2. The van der Waals surface area contributed by atoms with Crippen molar-refractivity contribution in [3.05, 3.63) is 60.1 Å². The molecule has 0 aliphatic rings. The summed E-state index contributed by atoms with van der Waals surface area (Å²) in [7, 11) is 0. The molecule has 3 rings (SSSR count). The van der Waals surface area contributed by atoms with E-state index in [9.17, 15) is 4.79 Å². The summed E-state index contributed by atoms with van der Waals surface area (Å²) >= 11 is 1.58. The topological polar surface area (TPSA) is 67.5 Å². The number of hydrogen-bond acceptors (Lipinski definition) is 4. The first-order chi connectivity index (χ1) is 11.5. The Morgan fingerprint density at radius 3 is 2.75 bits per heavy atom. The van der Waals surface area contributed by atoms with Gasteiger partial charge in [0.05, 0.1) is 0 Å². The van der Waals surface area contributed by atoms with Gasteiger partial charge in [-0.1, -0.05) is 43.8 Å². The minimum absolute atomic E-state index is 0.283. The third-order valence-corrected chi connectivity index (χ3v) is 4.54. The molecule has 2 heterocycles. The zero-order chi connectivity index (χ0) is 17.1. The van der Waals surface area contributed by atoms with Crippen molar-refractivity contribution in [1.29, 1.82) is 0 Å². The van der Waals surface area contributed by atoms with Gasteiger partial charge in [-0.25, -0.2) is 4.79 Å². The fourth-order valence-corrected chi connectivity index (χ4v) is 3.29. The van der Waals surface area contributed by atoms with Crippen molar-refractivity contribution in [2.45, 2.75) is 29.6 Å². The van der Waals surface area contributed by atoms with E-state index in [2.05, 4.69) is 24.0 Å². The van der Waals surface area contributed by atoms with Gasteiger partial charge in [-0.3, -0.25) is 4.40 Å². The molecule has 1 aromatic carbocycles. The fraction of sp³-hybridized carbons (Fsp3) is 0.167. The van der Waals surface area contributed by atoms with E-state index in [1.165, 1.54) is 0 Å². The average Bonchev–Trinajstić information content (AvgIpc) is 2.97. The molecular formula is C18H17N3O2S. The third kappa shape index (κ3) is 3.49. The van der Waals surface area contributed by atoms with Crippen LogP contribution in [0.1, 0.15) is 31.2 Å². The summed E-state index contributed by atoms with van der Waals surface area (Å²) in [5.41, 5.74) is 1.69. The molecule has 6 heteroatoms. The number of hydrogen-bond donors (Lipinski definition) is 1. The van der Waals surface area contributed by atoms with Crippen molar-refractivity contribution < 1.29 is 9.90 Å². The van der Waals surface area contributed by atoms with E-state index >= 15 is 0 Å². The number of carboxylic acid groups (broad SMARTS) is 1. The summed E-state index contributed by atoms with van der Waals surface area (Å²) in [5, 5.41) is 17.2. The van der Waals surface area contributed by atoms with Gasteiger partial charge in [0.2, 0.25) is 0 Å². The second-order valence-corrected chi connectivity index (χ2v) is 6.73. The molecule has 5 nitrogen and oxygen atoms in total. The van der Waals surface area contributed by atoms with Gasteiger partial charge in [-0.2, -0.15) is 0 Å². The zero-order valence-electron chi connectivity index (χ0n) is 13.4. The molecule has 3 aromatic rings. The summed E-state index contributed by atoms with van der Waals surface area (Å²) in [4.78, 5) is 12.8. The number of pyridine rings is 1. The summed E-state index contributed by atoms with van der Waals surface area (Å²) in [6.07, 6.45) is 4.79. The predicted molar refractivity (Wildman–Crippen MR) is 94.3 cm³/mol. The maximum atomic E-state index is 10.7. The van der Waals surface area contributed by atoms with Crippen molar-refractivity contribution in [3.8, 4) is 0 Å². The molecule has 0 bridgehead atoms. The lowest BCUT2D eigenvalue weighted by molar-refractivity contribution is -0.131. The van der Waals surface area contributed by atoms with Crippen molar-refractivity contribution in [3.63, 3.8) is 0 Å². The maximum Gasteiger partial charge on any atom is 0.328 e. The Bertz CT molecular complexity index is 916. The summed E-state index contributed by atoms with van der Waals surface area (Å²) in [6, 6.07) is 11.7. The summed E-state index contributed by atoms with van der Waals surface area (Å²) in [6.45, 7) is 4.17. The molecule has 122 valence electrons. The quantitative estimate of drug-likeness (QED) is 0.709. The van der Waals surface area contributed by atoms with Gasteiger partial charge >= 0.3 is 5.97 Å². The molecule has 0 aliphatic carbocycles. The lowest BCUT2D eigenvalue weighted by Crippen LogP contribution is -1.96. The van der Waals surface area contributed by atoms with Gasteiger partial charge in [0.25, 0.3) is 0 Å². The van der Waals surface area contributed by atoms with Crippen LogP contribution in [0.3, 0.4) is 0 Å². The van der Waals surface area contributed by atoms with Gasteiger partial charge in [0.1, 0.15) is 5.82 Å². The Hall–Kier alpha value is -2.60. The molecule has 0 saturated heterocycles. The Balaban J connectivity index is 1.95. The molecule has 2 aromatic heterocycles. The molecule has 0 radical (unpaired) electrons. The largest absolute Gasteiger partial charge is 0.478 e. The Kier molecular flexibility index (Phi) is 4.66. The summed E-state index contributed by atoms with van der Waals surface area (Å²) < 4.78 is 2.00. The predicted octanol–water partition coefficient (Wildman–Crippen LogP) is 4.10. The molecule has 24 heavy (non-hydrogen) atoms. The van der Waals surface area contributed by atoms with E-state index in [4.69, 9.17) is 5.11 Å². The number of carbonyl (C=O) groups is 1. The number of aromatic nitrogens is 3. The van der Waals surface area contributed by atoms with E-state index in [0.29, 0.717) is 0 Å². The SMILES string of the molecule is CC(C)c1nnc2ccc(Sc3ccccc3C=CC(=O)O)cn12. The van der Waals surface area contributed by atoms with Crippen LogP contribution in [0.5, 0.6) is 0 Å². The summed E-state index contributed by atoms with van der Waals surface area (Å²) in [5.74, 6) is 0.250. The molecule has 0 fully saturated rings. The number of fused-ring (bicyclic) bond motifs is 1. The van der Waals surface area contributed by atoms with E-state index in [1.54, 1.807) is 17.8 Å². The van der Waals surface area contributed by atoms with Crippen LogP contribution in [-0.2, 0) is 4.79 Å². The van der Waals surface area contributed by atoms with Crippen LogP contribution in [0, 0.1) is 0 Å². The van der Waals surface area contributed by atoms with Crippen LogP contribution in [0.2, 0.25) is 0 Å². The van der Waals surface area contributed by atoms with Gasteiger partial charge in [-0.15, -0.1) is 10.2 Å².